The summed E-state index contributed by atoms with van der Waals surface area (Å²) in [4.78, 5) is 0. The number of aliphatic hydroxyl groups is 1. The van der Waals surface area contributed by atoms with Crippen molar-refractivity contribution in [3.05, 3.63) is 65.0 Å². The van der Waals surface area contributed by atoms with Crippen LogP contribution in [0.25, 0.3) is 0 Å². The highest BCUT2D eigenvalue weighted by molar-refractivity contribution is 5.52. The van der Waals surface area contributed by atoms with Crippen LogP contribution in [0.3, 0.4) is 0 Å². The van der Waals surface area contributed by atoms with E-state index < -0.39 is 0 Å². The van der Waals surface area contributed by atoms with E-state index in [1.165, 1.54) is 12.1 Å². The van der Waals surface area contributed by atoms with Crippen molar-refractivity contribution in [3.63, 3.8) is 0 Å². The second-order valence-corrected chi connectivity index (χ2v) is 4.70. The summed E-state index contributed by atoms with van der Waals surface area (Å²) in [6.07, 6.45) is 0. The lowest BCUT2D eigenvalue weighted by atomic mass is 10.0. The first kappa shape index (κ1) is 13.6. The molecule has 1 unspecified atom stereocenters. The molecule has 0 fully saturated rings. The number of aliphatic hydroxyl groups excluding tert-OH is 1. The maximum atomic E-state index is 13.4. The first-order chi connectivity index (χ1) is 9.11. The van der Waals surface area contributed by atoms with Gasteiger partial charge in [-0.25, -0.2) is 4.39 Å². The van der Waals surface area contributed by atoms with Gasteiger partial charge in [0.1, 0.15) is 5.82 Å². The molecule has 0 amide bonds. The fourth-order valence-electron chi connectivity index (χ4n) is 2.13. The zero-order valence-electron chi connectivity index (χ0n) is 11.2. The van der Waals surface area contributed by atoms with Crippen molar-refractivity contribution in [1.29, 1.82) is 0 Å². The van der Waals surface area contributed by atoms with Gasteiger partial charge in [0.05, 0.1) is 12.6 Å². The molecule has 2 N–H and O–H groups in total. The Balaban J connectivity index is 2.30. The summed E-state index contributed by atoms with van der Waals surface area (Å²) in [6.45, 7) is 3.82. The van der Waals surface area contributed by atoms with E-state index >= 15 is 0 Å². The molecular weight excluding hydrogens is 241 g/mol. The molecule has 0 saturated carbocycles. The molecule has 0 aliphatic heterocycles. The van der Waals surface area contributed by atoms with Gasteiger partial charge < -0.3 is 10.4 Å². The van der Waals surface area contributed by atoms with Gasteiger partial charge in [0.15, 0.2) is 0 Å². The Kier molecular flexibility index (Phi) is 4.17. The summed E-state index contributed by atoms with van der Waals surface area (Å²) in [5.74, 6) is -0.286. The lowest BCUT2D eigenvalue weighted by Crippen LogP contribution is -2.16. The maximum Gasteiger partial charge on any atom is 0.123 e. The first-order valence-corrected chi connectivity index (χ1v) is 6.31. The average molecular weight is 259 g/mol. The quantitative estimate of drug-likeness (QED) is 0.879. The molecule has 100 valence electrons. The third kappa shape index (κ3) is 3.12. The van der Waals surface area contributed by atoms with Gasteiger partial charge in [-0.05, 0) is 48.7 Å². The van der Waals surface area contributed by atoms with Gasteiger partial charge in [-0.3, -0.25) is 0 Å². The van der Waals surface area contributed by atoms with E-state index in [0.29, 0.717) is 0 Å². The Morgan fingerprint density at radius 2 is 1.84 bits per heavy atom. The first-order valence-electron chi connectivity index (χ1n) is 6.31. The van der Waals surface area contributed by atoms with Crippen molar-refractivity contribution in [2.24, 2.45) is 0 Å². The zero-order chi connectivity index (χ0) is 13.8. The number of anilines is 1. The molecule has 0 aliphatic carbocycles. The van der Waals surface area contributed by atoms with Crippen LogP contribution >= 0.6 is 0 Å². The second kappa shape index (κ2) is 5.85. The smallest absolute Gasteiger partial charge is 0.123 e. The highest BCUT2D eigenvalue weighted by Crippen LogP contribution is 2.24. The van der Waals surface area contributed by atoms with Gasteiger partial charge >= 0.3 is 0 Å². The summed E-state index contributed by atoms with van der Waals surface area (Å²) in [5.41, 5.74) is 3.78. The van der Waals surface area contributed by atoms with Crippen molar-refractivity contribution in [2.75, 3.05) is 11.9 Å². The van der Waals surface area contributed by atoms with E-state index in [4.69, 9.17) is 0 Å². The fourth-order valence-corrected chi connectivity index (χ4v) is 2.13. The van der Waals surface area contributed by atoms with Crippen molar-refractivity contribution in [2.45, 2.75) is 19.9 Å². The molecule has 2 rings (SSSR count). The second-order valence-electron chi connectivity index (χ2n) is 4.70. The van der Waals surface area contributed by atoms with E-state index in [-0.39, 0.29) is 18.5 Å². The Labute approximate surface area is 112 Å². The molecule has 1 atom stereocenters. The molecule has 2 nitrogen and oxygen atoms in total. The SMILES string of the molecule is Cc1ccccc1NC(CO)c1cc(F)ccc1C. The number of nitrogens with one attached hydrogen (secondary N) is 1. The normalized spacial score (nSPS) is 12.2. The lowest BCUT2D eigenvalue weighted by Gasteiger charge is -2.21. The van der Waals surface area contributed by atoms with Crippen LogP contribution in [0.5, 0.6) is 0 Å². The zero-order valence-corrected chi connectivity index (χ0v) is 11.2. The highest BCUT2D eigenvalue weighted by atomic mass is 19.1. The number of hydrogen-bond donors (Lipinski definition) is 2. The molecule has 0 saturated heterocycles. The fraction of sp³-hybridized carbons (Fsp3) is 0.250. The molecule has 0 radical (unpaired) electrons. The summed E-state index contributed by atoms with van der Waals surface area (Å²) >= 11 is 0. The van der Waals surface area contributed by atoms with Gasteiger partial charge in [0, 0.05) is 5.69 Å². The van der Waals surface area contributed by atoms with Crippen molar-refractivity contribution in [1.82, 2.24) is 0 Å². The van der Waals surface area contributed by atoms with E-state index in [9.17, 15) is 9.50 Å². The summed E-state index contributed by atoms with van der Waals surface area (Å²) < 4.78 is 13.4. The summed E-state index contributed by atoms with van der Waals surface area (Å²) in [6, 6.07) is 12.2. The number of aryl methyl sites for hydroxylation is 2. The van der Waals surface area contributed by atoms with Gasteiger partial charge in [-0.15, -0.1) is 0 Å². The Bertz CT molecular complexity index is 568. The number of hydrogen-bond acceptors (Lipinski definition) is 2. The van der Waals surface area contributed by atoms with Crippen molar-refractivity contribution >= 4 is 5.69 Å². The van der Waals surface area contributed by atoms with Gasteiger partial charge in [-0.2, -0.15) is 0 Å². The van der Waals surface area contributed by atoms with Gasteiger partial charge in [-0.1, -0.05) is 24.3 Å². The summed E-state index contributed by atoms with van der Waals surface area (Å²) in [7, 11) is 0. The minimum atomic E-state index is -0.309. The van der Waals surface area contributed by atoms with Crippen LogP contribution in [-0.4, -0.2) is 11.7 Å². The van der Waals surface area contributed by atoms with E-state index in [1.54, 1.807) is 6.07 Å². The maximum absolute atomic E-state index is 13.4. The van der Waals surface area contributed by atoms with Crippen LogP contribution in [0.2, 0.25) is 0 Å². The molecule has 0 aromatic heterocycles. The summed E-state index contributed by atoms with van der Waals surface area (Å²) in [5, 5.41) is 12.8. The highest BCUT2D eigenvalue weighted by Gasteiger charge is 2.14. The topological polar surface area (TPSA) is 32.3 Å². The van der Waals surface area contributed by atoms with Crippen LogP contribution in [0, 0.1) is 19.7 Å². The average Bonchev–Trinajstić information content (AvgIpc) is 2.41. The molecule has 2 aromatic rings. The molecule has 3 heteroatoms. The minimum Gasteiger partial charge on any atom is -0.394 e. The molecule has 0 bridgehead atoms. The van der Waals surface area contributed by atoms with E-state index in [1.807, 2.05) is 38.1 Å². The third-order valence-electron chi connectivity index (χ3n) is 3.27. The van der Waals surface area contributed by atoms with E-state index in [2.05, 4.69) is 5.32 Å². The predicted molar refractivity (Wildman–Crippen MR) is 75.8 cm³/mol. The third-order valence-corrected chi connectivity index (χ3v) is 3.27. The Morgan fingerprint density at radius 3 is 2.53 bits per heavy atom. The molecular formula is C16H18FNO. The molecule has 0 heterocycles. The predicted octanol–water partition coefficient (Wildman–Crippen LogP) is 3.59. The van der Waals surface area contributed by atoms with Crippen LogP contribution in [0.15, 0.2) is 42.5 Å². The van der Waals surface area contributed by atoms with Crippen LogP contribution in [-0.2, 0) is 0 Å². The minimum absolute atomic E-state index is 0.0847. The standard InChI is InChI=1S/C16H18FNO/c1-11-7-8-13(17)9-14(11)16(10-19)18-15-6-4-3-5-12(15)2/h3-9,16,18-19H,10H2,1-2H3. The van der Waals surface area contributed by atoms with Gasteiger partial charge in [0.25, 0.3) is 0 Å². The lowest BCUT2D eigenvalue weighted by molar-refractivity contribution is 0.275. The van der Waals surface area contributed by atoms with Gasteiger partial charge in [0.2, 0.25) is 0 Å². The van der Waals surface area contributed by atoms with Crippen LogP contribution in [0.1, 0.15) is 22.7 Å². The Hall–Kier alpha value is -1.87. The van der Waals surface area contributed by atoms with E-state index in [0.717, 1.165) is 22.4 Å². The molecule has 19 heavy (non-hydrogen) atoms. The number of rotatable bonds is 4. The van der Waals surface area contributed by atoms with Crippen LogP contribution in [0.4, 0.5) is 10.1 Å². The van der Waals surface area contributed by atoms with Crippen LogP contribution < -0.4 is 5.32 Å². The molecule has 0 aliphatic rings. The van der Waals surface area contributed by atoms with Crippen molar-refractivity contribution in [3.8, 4) is 0 Å². The van der Waals surface area contributed by atoms with Crippen molar-refractivity contribution < 1.29 is 9.50 Å². The molecule has 0 spiro atoms. The Morgan fingerprint density at radius 1 is 1.11 bits per heavy atom. The monoisotopic (exact) mass is 259 g/mol. The largest absolute Gasteiger partial charge is 0.394 e. The molecule has 2 aromatic carbocycles. The number of halogens is 1. The number of para-hydroxylation sites is 1. The number of benzene rings is 2.